The number of amides is 1. The number of halogens is 1. The third-order valence-electron chi connectivity index (χ3n) is 3.93. The molecule has 0 radical (unpaired) electrons. The van der Waals surface area contributed by atoms with Gasteiger partial charge in [0.25, 0.3) is 5.91 Å². The number of carbonyl (C=O) groups is 1. The van der Waals surface area contributed by atoms with Gasteiger partial charge in [0, 0.05) is 18.2 Å². The Bertz CT molecular complexity index is 863. The summed E-state index contributed by atoms with van der Waals surface area (Å²) < 4.78 is 40.8. The van der Waals surface area contributed by atoms with Crippen molar-refractivity contribution in [3.63, 3.8) is 0 Å². The van der Waals surface area contributed by atoms with Gasteiger partial charge in [-0.15, -0.1) is 0 Å². The first-order chi connectivity index (χ1) is 12.0. The SMILES string of the molecule is O=C(Nc1ccccc1F)c1ccc(S(=O)(=O)N[C@H]2CCNC2)cc1. The average Bonchev–Trinajstić information content (AvgIpc) is 3.09. The number of hydrogen-bond donors (Lipinski definition) is 3. The molecule has 0 aliphatic carbocycles. The summed E-state index contributed by atoms with van der Waals surface area (Å²) in [6.07, 6.45) is 0.738. The van der Waals surface area contributed by atoms with E-state index in [4.69, 9.17) is 0 Å². The van der Waals surface area contributed by atoms with Gasteiger partial charge in [0.15, 0.2) is 0 Å². The lowest BCUT2D eigenvalue weighted by Gasteiger charge is -2.12. The van der Waals surface area contributed by atoms with E-state index in [1.165, 1.54) is 42.5 Å². The summed E-state index contributed by atoms with van der Waals surface area (Å²) >= 11 is 0. The van der Waals surface area contributed by atoms with Gasteiger partial charge in [-0.3, -0.25) is 4.79 Å². The lowest BCUT2D eigenvalue weighted by Crippen LogP contribution is -2.36. The van der Waals surface area contributed by atoms with Crippen molar-refractivity contribution in [1.82, 2.24) is 10.0 Å². The van der Waals surface area contributed by atoms with Crippen molar-refractivity contribution in [2.75, 3.05) is 18.4 Å². The number of carbonyl (C=O) groups excluding carboxylic acids is 1. The smallest absolute Gasteiger partial charge is 0.255 e. The van der Waals surface area contributed by atoms with Crippen LogP contribution in [0, 0.1) is 5.82 Å². The molecule has 1 amide bonds. The Morgan fingerprint density at radius 2 is 1.84 bits per heavy atom. The van der Waals surface area contributed by atoms with Crippen molar-refractivity contribution in [2.24, 2.45) is 0 Å². The van der Waals surface area contributed by atoms with E-state index in [2.05, 4.69) is 15.4 Å². The van der Waals surface area contributed by atoms with Gasteiger partial charge in [-0.25, -0.2) is 17.5 Å². The summed E-state index contributed by atoms with van der Waals surface area (Å²) in [5.74, 6) is -1.05. The monoisotopic (exact) mass is 363 g/mol. The van der Waals surface area contributed by atoms with Crippen LogP contribution in [0.4, 0.5) is 10.1 Å². The molecule has 25 heavy (non-hydrogen) atoms. The quantitative estimate of drug-likeness (QED) is 0.755. The van der Waals surface area contributed by atoms with E-state index in [1.54, 1.807) is 6.07 Å². The fourth-order valence-corrected chi connectivity index (χ4v) is 3.86. The predicted octanol–water partition coefficient (Wildman–Crippen LogP) is 1.72. The van der Waals surface area contributed by atoms with Gasteiger partial charge in [0.2, 0.25) is 10.0 Å². The van der Waals surface area contributed by atoms with Crippen LogP contribution in [0.15, 0.2) is 53.4 Å². The number of para-hydroxylation sites is 1. The normalized spacial score (nSPS) is 17.4. The first-order valence-electron chi connectivity index (χ1n) is 7.85. The van der Waals surface area contributed by atoms with Crippen LogP contribution < -0.4 is 15.4 Å². The Labute approximate surface area is 145 Å². The molecule has 1 saturated heterocycles. The topological polar surface area (TPSA) is 87.3 Å². The zero-order valence-electron chi connectivity index (χ0n) is 13.3. The molecule has 2 aromatic rings. The Balaban J connectivity index is 1.71. The highest BCUT2D eigenvalue weighted by Crippen LogP contribution is 2.16. The van der Waals surface area contributed by atoms with Crippen LogP contribution in [0.5, 0.6) is 0 Å². The van der Waals surface area contributed by atoms with Crippen LogP contribution in [-0.4, -0.2) is 33.5 Å². The molecule has 1 atom stereocenters. The first-order valence-corrected chi connectivity index (χ1v) is 9.33. The van der Waals surface area contributed by atoms with Crippen molar-refractivity contribution in [3.8, 4) is 0 Å². The minimum atomic E-state index is -3.63. The van der Waals surface area contributed by atoms with Crippen LogP contribution in [0.2, 0.25) is 0 Å². The summed E-state index contributed by atoms with van der Waals surface area (Å²) in [4.78, 5) is 12.2. The number of nitrogens with one attached hydrogen (secondary N) is 3. The van der Waals surface area contributed by atoms with Crippen molar-refractivity contribution >= 4 is 21.6 Å². The Morgan fingerprint density at radius 3 is 2.48 bits per heavy atom. The molecule has 8 heteroatoms. The highest BCUT2D eigenvalue weighted by molar-refractivity contribution is 7.89. The summed E-state index contributed by atoms with van der Waals surface area (Å²) in [5, 5.41) is 5.54. The van der Waals surface area contributed by atoms with Crippen LogP contribution >= 0.6 is 0 Å². The third kappa shape index (κ3) is 4.22. The maximum absolute atomic E-state index is 13.6. The molecule has 0 saturated carbocycles. The van der Waals surface area contributed by atoms with Gasteiger partial charge in [0.1, 0.15) is 5.82 Å². The van der Waals surface area contributed by atoms with E-state index in [9.17, 15) is 17.6 Å². The number of anilines is 1. The van der Waals surface area contributed by atoms with Gasteiger partial charge in [-0.2, -0.15) is 0 Å². The predicted molar refractivity (Wildman–Crippen MR) is 92.4 cm³/mol. The number of benzene rings is 2. The number of sulfonamides is 1. The molecule has 132 valence electrons. The van der Waals surface area contributed by atoms with Gasteiger partial charge in [-0.05, 0) is 49.4 Å². The van der Waals surface area contributed by atoms with Gasteiger partial charge in [0.05, 0.1) is 10.6 Å². The second-order valence-electron chi connectivity index (χ2n) is 5.77. The number of hydrogen-bond acceptors (Lipinski definition) is 4. The fourth-order valence-electron chi connectivity index (χ4n) is 2.59. The Kier molecular flexibility index (Phi) is 5.12. The molecule has 2 aromatic carbocycles. The lowest BCUT2D eigenvalue weighted by molar-refractivity contribution is 0.102. The van der Waals surface area contributed by atoms with Crippen molar-refractivity contribution in [3.05, 3.63) is 59.9 Å². The molecule has 1 aliphatic rings. The highest BCUT2D eigenvalue weighted by atomic mass is 32.2. The van der Waals surface area contributed by atoms with Crippen LogP contribution in [0.3, 0.4) is 0 Å². The van der Waals surface area contributed by atoms with Crippen LogP contribution in [-0.2, 0) is 10.0 Å². The molecule has 3 N–H and O–H groups in total. The van der Waals surface area contributed by atoms with E-state index >= 15 is 0 Å². The lowest BCUT2D eigenvalue weighted by atomic mass is 10.2. The van der Waals surface area contributed by atoms with E-state index in [0.717, 1.165) is 13.0 Å². The molecule has 3 rings (SSSR count). The van der Waals surface area contributed by atoms with E-state index in [-0.39, 0.29) is 22.2 Å². The largest absolute Gasteiger partial charge is 0.319 e. The van der Waals surface area contributed by atoms with Gasteiger partial charge >= 0.3 is 0 Å². The summed E-state index contributed by atoms with van der Waals surface area (Å²) in [6.45, 7) is 1.38. The molecular weight excluding hydrogens is 345 g/mol. The van der Waals surface area contributed by atoms with Crippen molar-refractivity contribution < 1.29 is 17.6 Å². The minimum absolute atomic E-state index is 0.0691. The first kappa shape index (κ1) is 17.5. The molecule has 1 fully saturated rings. The maximum Gasteiger partial charge on any atom is 0.255 e. The summed E-state index contributed by atoms with van der Waals surface area (Å²) in [5.41, 5.74) is 0.310. The molecule has 1 aliphatic heterocycles. The third-order valence-corrected chi connectivity index (χ3v) is 5.47. The number of rotatable bonds is 5. The molecule has 0 aromatic heterocycles. The average molecular weight is 363 g/mol. The second-order valence-corrected chi connectivity index (χ2v) is 7.48. The minimum Gasteiger partial charge on any atom is -0.319 e. The molecule has 1 heterocycles. The summed E-state index contributed by atoms with van der Waals surface area (Å²) in [7, 11) is -3.63. The highest BCUT2D eigenvalue weighted by Gasteiger charge is 2.22. The molecular formula is C17H18FN3O3S. The van der Waals surface area contributed by atoms with Crippen LogP contribution in [0.25, 0.3) is 0 Å². The van der Waals surface area contributed by atoms with Gasteiger partial charge < -0.3 is 10.6 Å². The van der Waals surface area contributed by atoms with E-state index in [0.29, 0.717) is 6.54 Å². The molecule has 0 unspecified atom stereocenters. The molecule has 0 bridgehead atoms. The van der Waals surface area contributed by atoms with Crippen molar-refractivity contribution in [2.45, 2.75) is 17.4 Å². The maximum atomic E-state index is 13.6. The second kappa shape index (κ2) is 7.30. The van der Waals surface area contributed by atoms with Gasteiger partial charge in [-0.1, -0.05) is 12.1 Å². The van der Waals surface area contributed by atoms with Crippen molar-refractivity contribution in [1.29, 1.82) is 0 Å². The zero-order chi connectivity index (χ0) is 17.9. The Morgan fingerprint density at radius 1 is 1.12 bits per heavy atom. The molecule has 0 spiro atoms. The molecule has 6 nitrogen and oxygen atoms in total. The standard InChI is InChI=1S/C17H18FN3O3S/c18-15-3-1-2-4-16(15)20-17(22)12-5-7-14(8-6-12)25(23,24)21-13-9-10-19-11-13/h1-8,13,19,21H,9-11H2,(H,20,22)/t13-/m0/s1. The zero-order valence-corrected chi connectivity index (χ0v) is 14.1. The van der Waals surface area contributed by atoms with Crippen LogP contribution in [0.1, 0.15) is 16.8 Å². The van der Waals surface area contributed by atoms with E-state index in [1.807, 2.05) is 0 Å². The summed E-state index contributed by atoms with van der Waals surface area (Å²) in [6, 6.07) is 11.2. The fraction of sp³-hybridized carbons (Fsp3) is 0.235. The van der Waals surface area contributed by atoms with E-state index < -0.39 is 21.7 Å². The Hall–Kier alpha value is -2.29.